The van der Waals surface area contributed by atoms with Gasteiger partial charge in [0.05, 0.1) is 12.7 Å². The molecule has 114 valence electrons. The molecule has 1 aromatic rings. The Hall–Kier alpha value is -0.900. The quantitative estimate of drug-likeness (QED) is 0.712. The van der Waals surface area contributed by atoms with Gasteiger partial charge in [0, 0.05) is 26.8 Å². The number of hydrogen-bond donors (Lipinski definition) is 1. The number of benzene rings is 1. The second-order valence-corrected chi connectivity index (χ2v) is 5.29. The summed E-state index contributed by atoms with van der Waals surface area (Å²) >= 11 is 0. The van der Waals surface area contributed by atoms with Gasteiger partial charge in [0.15, 0.2) is 0 Å². The molecule has 0 fully saturated rings. The summed E-state index contributed by atoms with van der Waals surface area (Å²) < 4.78 is 10.5. The summed E-state index contributed by atoms with van der Waals surface area (Å²) in [6, 6.07) is 9.25. The van der Waals surface area contributed by atoms with Crippen LogP contribution in [0.3, 0.4) is 0 Å². The lowest BCUT2D eigenvalue weighted by Crippen LogP contribution is -2.33. The Morgan fingerprint density at radius 1 is 1.15 bits per heavy atom. The van der Waals surface area contributed by atoms with Gasteiger partial charge in [-0.15, -0.1) is 0 Å². The number of aryl methyl sites for hydroxylation is 1. The lowest BCUT2D eigenvalue weighted by atomic mass is 10.0. The van der Waals surface area contributed by atoms with Crippen LogP contribution in [-0.4, -0.2) is 33.5 Å². The molecule has 0 amide bonds. The number of methoxy groups -OCH3 is 2. The highest BCUT2D eigenvalue weighted by Gasteiger charge is 2.10. The van der Waals surface area contributed by atoms with Gasteiger partial charge in [-0.2, -0.15) is 0 Å². The van der Waals surface area contributed by atoms with E-state index in [0.29, 0.717) is 12.6 Å². The van der Waals surface area contributed by atoms with Gasteiger partial charge in [0.25, 0.3) is 0 Å². The average molecular weight is 279 g/mol. The van der Waals surface area contributed by atoms with Crippen molar-refractivity contribution in [1.29, 1.82) is 0 Å². The van der Waals surface area contributed by atoms with Crippen molar-refractivity contribution in [2.45, 2.75) is 45.3 Å². The van der Waals surface area contributed by atoms with Gasteiger partial charge < -0.3 is 14.8 Å². The predicted molar refractivity (Wildman–Crippen MR) is 84.1 cm³/mol. The van der Waals surface area contributed by atoms with Gasteiger partial charge >= 0.3 is 0 Å². The summed E-state index contributed by atoms with van der Waals surface area (Å²) in [5.74, 6) is 0. The van der Waals surface area contributed by atoms with E-state index >= 15 is 0 Å². The molecule has 1 N–H and O–H groups in total. The minimum absolute atomic E-state index is 0.103. The maximum absolute atomic E-state index is 5.35. The fourth-order valence-electron chi connectivity index (χ4n) is 2.18. The number of ether oxygens (including phenoxy) is 2. The summed E-state index contributed by atoms with van der Waals surface area (Å²) in [6.07, 6.45) is 3.79. The monoisotopic (exact) mass is 279 g/mol. The van der Waals surface area contributed by atoms with E-state index in [-0.39, 0.29) is 6.10 Å². The summed E-state index contributed by atoms with van der Waals surface area (Å²) in [5.41, 5.74) is 2.74. The van der Waals surface area contributed by atoms with Crippen LogP contribution in [0.15, 0.2) is 24.3 Å². The van der Waals surface area contributed by atoms with Crippen molar-refractivity contribution in [1.82, 2.24) is 5.32 Å². The van der Waals surface area contributed by atoms with E-state index < -0.39 is 0 Å². The van der Waals surface area contributed by atoms with E-state index in [1.807, 2.05) is 0 Å². The van der Waals surface area contributed by atoms with Gasteiger partial charge in [0.1, 0.15) is 0 Å². The smallest absolute Gasteiger partial charge is 0.0928 e. The summed E-state index contributed by atoms with van der Waals surface area (Å²) in [7, 11) is 3.42. The van der Waals surface area contributed by atoms with Crippen molar-refractivity contribution < 1.29 is 9.47 Å². The third-order valence-electron chi connectivity index (χ3n) is 3.64. The number of nitrogens with one attached hydrogen (secondary N) is 1. The van der Waals surface area contributed by atoms with Crippen molar-refractivity contribution in [3.8, 4) is 0 Å². The maximum Gasteiger partial charge on any atom is 0.0928 e. The molecule has 3 nitrogen and oxygen atoms in total. The second kappa shape index (κ2) is 9.92. The van der Waals surface area contributed by atoms with Crippen LogP contribution in [0.1, 0.15) is 43.9 Å². The zero-order valence-corrected chi connectivity index (χ0v) is 13.3. The zero-order chi connectivity index (χ0) is 14.8. The van der Waals surface area contributed by atoms with E-state index in [2.05, 4.69) is 43.4 Å². The van der Waals surface area contributed by atoms with Crippen LogP contribution >= 0.6 is 0 Å². The van der Waals surface area contributed by atoms with Gasteiger partial charge in [-0.25, -0.2) is 0 Å². The molecule has 0 saturated heterocycles. The Bertz CT molecular complexity index is 351. The second-order valence-electron chi connectivity index (χ2n) is 5.29. The van der Waals surface area contributed by atoms with Crippen LogP contribution in [0.25, 0.3) is 0 Å². The fraction of sp³-hybridized carbons (Fsp3) is 0.647. The fourth-order valence-corrected chi connectivity index (χ4v) is 2.18. The Morgan fingerprint density at radius 3 is 2.40 bits per heavy atom. The van der Waals surface area contributed by atoms with Gasteiger partial charge in [-0.05, 0) is 30.9 Å². The number of hydrogen-bond acceptors (Lipinski definition) is 3. The molecule has 0 aliphatic carbocycles. The Balaban J connectivity index is 2.44. The van der Waals surface area contributed by atoms with E-state index in [9.17, 15) is 0 Å². The third-order valence-corrected chi connectivity index (χ3v) is 3.64. The first-order valence-corrected chi connectivity index (χ1v) is 7.55. The Labute approximate surface area is 123 Å². The molecule has 0 aromatic heterocycles. The standard InChI is InChI=1S/C17H29NO2/c1-5-6-7-15-8-10-16(11-9-15)14(2)18-12-17(20-4)13-19-3/h8-11,14,17-18H,5-7,12-13H2,1-4H3. The first-order valence-electron chi connectivity index (χ1n) is 7.55. The lowest BCUT2D eigenvalue weighted by Gasteiger charge is -2.19. The van der Waals surface area contributed by atoms with Crippen molar-refractivity contribution in [2.24, 2.45) is 0 Å². The minimum atomic E-state index is 0.103. The molecule has 0 spiro atoms. The van der Waals surface area contributed by atoms with Crippen LogP contribution in [0, 0.1) is 0 Å². The average Bonchev–Trinajstić information content (AvgIpc) is 2.49. The van der Waals surface area contributed by atoms with Crippen molar-refractivity contribution in [2.75, 3.05) is 27.4 Å². The highest BCUT2D eigenvalue weighted by atomic mass is 16.5. The SMILES string of the molecule is CCCCc1ccc(C(C)NCC(COC)OC)cc1. The molecule has 0 bridgehead atoms. The van der Waals surface area contributed by atoms with Crippen molar-refractivity contribution in [3.05, 3.63) is 35.4 Å². The van der Waals surface area contributed by atoms with E-state index in [1.165, 1.54) is 30.4 Å². The van der Waals surface area contributed by atoms with Crippen LogP contribution in [0.4, 0.5) is 0 Å². The highest BCUT2D eigenvalue weighted by Crippen LogP contribution is 2.14. The third kappa shape index (κ3) is 6.04. The van der Waals surface area contributed by atoms with Gasteiger partial charge in [-0.3, -0.25) is 0 Å². The van der Waals surface area contributed by atoms with Crippen molar-refractivity contribution >= 4 is 0 Å². The molecular formula is C17H29NO2. The largest absolute Gasteiger partial charge is 0.382 e. The molecule has 0 aliphatic rings. The maximum atomic E-state index is 5.35. The van der Waals surface area contributed by atoms with Gasteiger partial charge in [-0.1, -0.05) is 37.6 Å². The Morgan fingerprint density at radius 2 is 1.85 bits per heavy atom. The molecule has 3 heteroatoms. The van der Waals surface area contributed by atoms with E-state index in [4.69, 9.17) is 9.47 Å². The molecule has 0 aliphatic heterocycles. The normalized spacial score (nSPS) is 14.2. The minimum Gasteiger partial charge on any atom is -0.382 e. The number of rotatable bonds is 10. The zero-order valence-electron chi connectivity index (χ0n) is 13.3. The number of unbranched alkanes of at least 4 members (excludes halogenated alkanes) is 1. The Kier molecular flexibility index (Phi) is 8.51. The molecule has 0 radical (unpaired) electrons. The highest BCUT2D eigenvalue weighted by molar-refractivity contribution is 5.24. The van der Waals surface area contributed by atoms with Crippen LogP contribution < -0.4 is 5.32 Å². The van der Waals surface area contributed by atoms with Crippen LogP contribution in [0.5, 0.6) is 0 Å². The van der Waals surface area contributed by atoms with Crippen LogP contribution in [0.2, 0.25) is 0 Å². The van der Waals surface area contributed by atoms with Crippen LogP contribution in [-0.2, 0) is 15.9 Å². The molecular weight excluding hydrogens is 250 g/mol. The molecule has 2 atom stereocenters. The molecule has 1 aromatic carbocycles. The van der Waals surface area contributed by atoms with Crippen molar-refractivity contribution in [3.63, 3.8) is 0 Å². The molecule has 0 heterocycles. The molecule has 1 rings (SSSR count). The van der Waals surface area contributed by atoms with Gasteiger partial charge in [0.2, 0.25) is 0 Å². The molecule has 2 unspecified atom stereocenters. The molecule has 0 saturated carbocycles. The lowest BCUT2D eigenvalue weighted by molar-refractivity contribution is 0.0276. The first kappa shape index (κ1) is 17.2. The topological polar surface area (TPSA) is 30.5 Å². The van der Waals surface area contributed by atoms with E-state index in [1.54, 1.807) is 14.2 Å². The first-order chi connectivity index (χ1) is 9.71. The predicted octanol–water partition coefficient (Wildman–Crippen LogP) is 3.34. The summed E-state index contributed by atoms with van der Waals surface area (Å²) in [5, 5.41) is 3.49. The summed E-state index contributed by atoms with van der Waals surface area (Å²) in [4.78, 5) is 0. The molecule has 20 heavy (non-hydrogen) atoms. The summed E-state index contributed by atoms with van der Waals surface area (Å²) in [6.45, 7) is 5.82. The van der Waals surface area contributed by atoms with E-state index in [0.717, 1.165) is 6.54 Å².